The summed E-state index contributed by atoms with van der Waals surface area (Å²) in [5, 5.41) is 12.4. The van der Waals surface area contributed by atoms with Crippen molar-refractivity contribution in [2.45, 2.75) is 50.0 Å². The molecule has 1 saturated carbocycles. The molecule has 1 aromatic carbocycles. The summed E-state index contributed by atoms with van der Waals surface area (Å²) in [5.74, 6) is 0.0968. The minimum atomic E-state index is -3.62. The van der Waals surface area contributed by atoms with Crippen LogP contribution in [-0.4, -0.2) is 36.3 Å². The number of anilines is 1. The second-order valence-corrected chi connectivity index (χ2v) is 10.2. The van der Waals surface area contributed by atoms with Crippen LogP contribution in [0.15, 0.2) is 58.1 Å². The van der Waals surface area contributed by atoms with Crippen molar-refractivity contribution in [2.75, 3.05) is 12.4 Å². The first-order valence-electron chi connectivity index (χ1n) is 10.9. The van der Waals surface area contributed by atoms with Crippen molar-refractivity contribution in [3.8, 4) is 12.0 Å². The quantitative estimate of drug-likeness (QED) is 0.577. The summed E-state index contributed by atoms with van der Waals surface area (Å²) in [6.45, 7) is 1.62. The lowest BCUT2D eigenvalue weighted by atomic mass is 9.96. The van der Waals surface area contributed by atoms with Gasteiger partial charge in [-0.3, -0.25) is 9.36 Å². The van der Waals surface area contributed by atoms with Crippen LogP contribution in [-0.2, 0) is 10.0 Å². The van der Waals surface area contributed by atoms with Gasteiger partial charge in [0.05, 0.1) is 4.90 Å². The molecule has 2 aromatic heterocycles. The van der Waals surface area contributed by atoms with Crippen LogP contribution in [0.25, 0.3) is 5.88 Å². The van der Waals surface area contributed by atoms with Crippen molar-refractivity contribution < 1.29 is 17.6 Å². The Kier molecular flexibility index (Phi) is 6.40. The predicted octanol–water partition coefficient (Wildman–Crippen LogP) is 4.46. The largest absolute Gasteiger partial charge is 0.443 e. The van der Waals surface area contributed by atoms with Gasteiger partial charge >= 0.3 is 0 Å². The van der Waals surface area contributed by atoms with Gasteiger partial charge in [0.1, 0.15) is 23.0 Å². The summed E-state index contributed by atoms with van der Waals surface area (Å²) in [4.78, 5) is 13.1. The van der Waals surface area contributed by atoms with Gasteiger partial charge in [0.2, 0.25) is 15.9 Å². The highest BCUT2D eigenvalue weighted by molar-refractivity contribution is 7.89. The predicted molar refractivity (Wildman–Crippen MR) is 124 cm³/mol. The van der Waals surface area contributed by atoms with E-state index in [1.807, 2.05) is 0 Å². The molecule has 4 rings (SSSR count). The zero-order valence-electron chi connectivity index (χ0n) is 18.6. The molecule has 1 aliphatic rings. The zero-order chi connectivity index (χ0) is 23.6. The Morgan fingerprint density at radius 2 is 1.79 bits per heavy atom. The highest BCUT2D eigenvalue weighted by Gasteiger charge is 2.29. The van der Waals surface area contributed by atoms with Crippen molar-refractivity contribution in [3.05, 3.63) is 65.7 Å². The summed E-state index contributed by atoms with van der Waals surface area (Å²) in [7, 11) is -1.98. The van der Waals surface area contributed by atoms with Crippen LogP contribution in [0.1, 0.15) is 53.8 Å². The Hall–Kier alpha value is -3.35. The number of nitrogens with one attached hydrogen (secondary N) is 1. The molecule has 1 amide bonds. The van der Waals surface area contributed by atoms with Crippen LogP contribution >= 0.6 is 0 Å². The van der Waals surface area contributed by atoms with E-state index in [-0.39, 0.29) is 27.9 Å². The smallest absolute Gasteiger partial charge is 0.260 e. The number of hydrogen-bond acceptors (Lipinski definition) is 5. The Labute approximate surface area is 193 Å². The normalized spacial score (nSPS) is 14.8. The van der Waals surface area contributed by atoms with Gasteiger partial charge in [0.25, 0.3) is 5.91 Å². The Balaban J connectivity index is 1.53. The molecular formula is C24H26N4O4S. The number of amides is 1. The van der Waals surface area contributed by atoms with E-state index in [1.165, 1.54) is 16.4 Å². The first-order chi connectivity index (χ1) is 15.8. The van der Waals surface area contributed by atoms with Crippen LogP contribution in [0, 0.1) is 18.3 Å². The molecule has 172 valence electrons. The number of rotatable bonds is 6. The molecule has 1 N–H and O–H groups in total. The van der Waals surface area contributed by atoms with E-state index in [0.29, 0.717) is 11.4 Å². The molecule has 0 aliphatic heterocycles. The average Bonchev–Trinajstić information content (AvgIpc) is 3.47. The molecule has 0 unspecified atom stereocenters. The minimum Gasteiger partial charge on any atom is -0.443 e. The molecule has 9 heteroatoms. The number of nitrogens with zero attached hydrogens (tertiary/aromatic N) is 3. The first-order valence-corrected chi connectivity index (χ1v) is 12.3. The maximum atomic E-state index is 13.0. The number of hydrogen-bond donors (Lipinski definition) is 1. The van der Waals surface area contributed by atoms with Gasteiger partial charge in [-0.15, -0.1) is 0 Å². The number of benzene rings is 1. The van der Waals surface area contributed by atoms with E-state index < -0.39 is 15.9 Å². The van der Waals surface area contributed by atoms with Gasteiger partial charge in [0.15, 0.2) is 0 Å². The summed E-state index contributed by atoms with van der Waals surface area (Å²) in [6, 6.07) is 11.7. The molecule has 0 bridgehead atoms. The molecule has 1 aliphatic carbocycles. The number of carbonyl (C=O) groups is 1. The van der Waals surface area contributed by atoms with Crippen molar-refractivity contribution in [2.24, 2.45) is 0 Å². The lowest BCUT2D eigenvalue weighted by Gasteiger charge is -2.30. The number of sulfonamides is 1. The molecule has 0 saturated heterocycles. The van der Waals surface area contributed by atoms with Crippen molar-refractivity contribution in [3.63, 3.8) is 0 Å². The third kappa shape index (κ3) is 4.45. The first kappa shape index (κ1) is 22.8. The topological polar surface area (TPSA) is 108 Å². The summed E-state index contributed by atoms with van der Waals surface area (Å²) in [5.41, 5.74) is 0.704. The number of nitriles is 1. The second-order valence-electron chi connectivity index (χ2n) is 8.21. The van der Waals surface area contributed by atoms with Gasteiger partial charge in [-0.25, -0.2) is 8.42 Å². The minimum absolute atomic E-state index is 0.0195. The third-order valence-corrected chi connectivity index (χ3v) is 8.05. The monoisotopic (exact) mass is 466 g/mol. The molecule has 0 spiro atoms. The number of furan rings is 1. The van der Waals surface area contributed by atoms with Crippen molar-refractivity contribution >= 4 is 21.6 Å². The van der Waals surface area contributed by atoms with Crippen LogP contribution in [0.2, 0.25) is 0 Å². The maximum Gasteiger partial charge on any atom is 0.260 e. The van der Waals surface area contributed by atoms with E-state index in [2.05, 4.69) is 11.4 Å². The summed E-state index contributed by atoms with van der Waals surface area (Å²) < 4.78 is 34.8. The van der Waals surface area contributed by atoms with E-state index >= 15 is 0 Å². The lowest BCUT2D eigenvalue weighted by Crippen LogP contribution is -2.38. The van der Waals surface area contributed by atoms with E-state index in [1.54, 1.807) is 55.2 Å². The molecule has 0 atom stereocenters. The van der Waals surface area contributed by atoms with Crippen LogP contribution < -0.4 is 5.32 Å². The van der Waals surface area contributed by atoms with Gasteiger partial charge < -0.3 is 9.73 Å². The van der Waals surface area contributed by atoms with Gasteiger partial charge in [-0.1, -0.05) is 19.3 Å². The molecule has 8 nitrogen and oxygen atoms in total. The van der Waals surface area contributed by atoms with Gasteiger partial charge in [0, 0.05) is 31.2 Å². The van der Waals surface area contributed by atoms with E-state index in [4.69, 9.17) is 4.42 Å². The van der Waals surface area contributed by atoms with E-state index in [9.17, 15) is 18.5 Å². The van der Waals surface area contributed by atoms with Gasteiger partial charge in [-0.2, -0.15) is 9.57 Å². The van der Waals surface area contributed by atoms with Crippen molar-refractivity contribution in [1.82, 2.24) is 8.87 Å². The summed E-state index contributed by atoms with van der Waals surface area (Å²) in [6.07, 6.45) is 8.43. The Morgan fingerprint density at radius 3 is 2.39 bits per heavy atom. The lowest BCUT2D eigenvalue weighted by molar-refractivity contribution is 0.102. The molecule has 0 radical (unpaired) electrons. The standard InChI is InChI=1S/C24H26N4O4S/c1-17-22(21(16-25)24(32-17)28-14-6-7-15-28)23(29)26-18-10-12-20(13-11-18)33(30,31)27(2)19-8-4-3-5-9-19/h6-7,10-15,19H,3-5,8-9H2,1-2H3,(H,26,29). The highest BCUT2D eigenvalue weighted by Crippen LogP contribution is 2.28. The van der Waals surface area contributed by atoms with Crippen LogP contribution in [0.3, 0.4) is 0 Å². The highest BCUT2D eigenvalue weighted by atomic mass is 32.2. The third-order valence-electron chi connectivity index (χ3n) is 6.12. The Bertz CT molecular complexity index is 1280. The van der Waals surface area contributed by atoms with E-state index in [0.717, 1.165) is 32.1 Å². The van der Waals surface area contributed by atoms with Crippen LogP contribution in [0.4, 0.5) is 5.69 Å². The second kappa shape index (κ2) is 9.25. The molecule has 3 aromatic rings. The zero-order valence-corrected chi connectivity index (χ0v) is 19.4. The van der Waals surface area contributed by atoms with Gasteiger partial charge in [-0.05, 0) is 56.2 Å². The molecule has 33 heavy (non-hydrogen) atoms. The molecular weight excluding hydrogens is 440 g/mol. The number of aromatic nitrogens is 1. The fourth-order valence-electron chi connectivity index (χ4n) is 4.27. The fourth-order valence-corrected chi connectivity index (χ4v) is 5.69. The average molecular weight is 467 g/mol. The fraction of sp³-hybridized carbons (Fsp3) is 0.333. The van der Waals surface area contributed by atoms with Crippen LogP contribution in [0.5, 0.6) is 0 Å². The number of aryl methyl sites for hydroxylation is 1. The Morgan fingerprint density at radius 1 is 1.15 bits per heavy atom. The molecule has 1 fully saturated rings. The molecule has 2 heterocycles. The maximum absolute atomic E-state index is 13.0. The van der Waals surface area contributed by atoms with Crippen molar-refractivity contribution in [1.29, 1.82) is 5.26 Å². The summed E-state index contributed by atoms with van der Waals surface area (Å²) >= 11 is 0. The number of carbonyl (C=O) groups excluding carboxylic acids is 1. The SMILES string of the molecule is Cc1oc(-n2cccc2)c(C#N)c1C(=O)Nc1ccc(S(=O)(=O)N(C)C2CCCCC2)cc1.